The molecule has 0 unspecified atom stereocenters. The van der Waals surface area contributed by atoms with Crippen LogP contribution in [0, 0.1) is 0 Å². The van der Waals surface area contributed by atoms with E-state index in [-0.39, 0.29) is 5.69 Å². The first-order valence-corrected chi connectivity index (χ1v) is 9.39. The smallest absolute Gasteiger partial charge is 0.416 e. The van der Waals surface area contributed by atoms with Crippen molar-refractivity contribution in [1.82, 2.24) is 0 Å². The fourth-order valence-corrected chi connectivity index (χ4v) is 3.31. The second-order valence-corrected chi connectivity index (χ2v) is 6.69. The minimum absolute atomic E-state index is 0.170. The number of hydrogen-bond donors (Lipinski definition) is 1. The monoisotopic (exact) mass is 392 g/mol. The molecule has 1 aliphatic heterocycles. The van der Waals surface area contributed by atoms with E-state index < -0.39 is 17.6 Å². The molecule has 1 aliphatic rings. The highest BCUT2D eigenvalue weighted by molar-refractivity contribution is 6.06. The summed E-state index contributed by atoms with van der Waals surface area (Å²) in [4.78, 5) is 14.7. The van der Waals surface area contributed by atoms with Crippen LogP contribution in [0.5, 0.6) is 5.75 Å². The lowest BCUT2D eigenvalue weighted by Crippen LogP contribution is -2.30. The number of benzene rings is 2. The summed E-state index contributed by atoms with van der Waals surface area (Å²) in [5.74, 6) is 0.0644. The lowest BCUT2D eigenvalue weighted by Gasteiger charge is -2.31. The molecular formula is C21H23F3N2O2. The maximum Gasteiger partial charge on any atom is 0.416 e. The van der Waals surface area contributed by atoms with Crippen LogP contribution in [-0.4, -0.2) is 25.6 Å². The molecule has 1 amide bonds. The molecule has 0 aliphatic carbocycles. The maximum atomic E-state index is 13.2. The van der Waals surface area contributed by atoms with Crippen molar-refractivity contribution in [2.45, 2.75) is 32.4 Å². The zero-order chi connectivity index (χ0) is 20.1. The second kappa shape index (κ2) is 8.54. The van der Waals surface area contributed by atoms with Gasteiger partial charge >= 0.3 is 6.18 Å². The van der Waals surface area contributed by atoms with Gasteiger partial charge in [0.15, 0.2) is 0 Å². The van der Waals surface area contributed by atoms with Crippen molar-refractivity contribution in [1.29, 1.82) is 0 Å². The number of hydrogen-bond acceptors (Lipinski definition) is 3. The topological polar surface area (TPSA) is 41.6 Å². The highest BCUT2D eigenvalue weighted by atomic mass is 19.4. The Morgan fingerprint density at radius 1 is 1.11 bits per heavy atom. The molecule has 0 aromatic heterocycles. The van der Waals surface area contributed by atoms with E-state index in [1.165, 1.54) is 6.07 Å². The van der Waals surface area contributed by atoms with E-state index in [0.29, 0.717) is 23.6 Å². The van der Waals surface area contributed by atoms with Gasteiger partial charge in [0, 0.05) is 18.7 Å². The Morgan fingerprint density at radius 3 is 2.54 bits per heavy atom. The highest BCUT2D eigenvalue weighted by Gasteiger charge is 2.32. The molecule has 0 spiro atoms. The van der Waals surface area contributed by atoms with Crippen LogP contribution in [0.25, 0.3) is 0 Å². The molecule has 0 atom stereocenters. The number of carbonyl (C=O) groups excluding carboxylic acids is 1. The Balaban J connectivity index is 1.91. The maximum absolute atomic E-state index is 13.2. The van der Waals surface area contributed by atoms with Crippen molar-refractivity contribution < 1.29 is 22.7 Å². The number of amides is 1. The summed E-state index contributed by atoms with van der Waals surface area (Å²) in [6, 6.07) is 10.1. The van der Waals surface area contributed by atoms with Gasteiger partial charge in [-0.25, -0.2) is 0 Å². The van der Waals surface area contributed by atoms with E-state index in [4.69, 9.17) is 4.74 Å². The van der Waals surface area contributed by atoms with Crippen LogP contribution in [0.4, 0.5) is 24.5 Å². The first kappa shape index (κ1) is 20.0. The van der Waals surface area contributed by atoms with Crippen molar-refractivity contribution in [3.63, 3.8) is 0 Å². The first-order valence-electron chi connectivity index (χ1n) is 9.39. The Labute approximate surface area is 162 Å². The van der Waals surface area contributed by atoms with Crippen molar-refractivity contribution >= 4 is 17.3 Å². The average molecular weight is 392 g/mol. The van der Waals surface area contributed by atoms with Crippen LogP contribution in [0.1, 0.15) is 42.1 Å². The predicted molar refractivity (Wildman–Crippen MR) is 103 cm³/mol. The van der Waals surface area contributed by atoms with Gasteiger partial charge in [0.25, 0.3) is 5.91 Å². The summed E-state index contributed by atoms with van der Waals surface area (Å²) < 4.78 is 45.0. The van der Waals surface area contributed by atoms with Crippen molar-refractivity contribution in [3.05, 3.63) is 53.6 Å². The van der Waals surface area contributed by atoms with Crippen LogP contribution >= 0.6 is 0 Å². The standard InChI is InChI=1S/C21H23F3N2O2/c1-2-28-17-8-6-7-15(13-17)20(27)25-18-14-16(21(22,23)24)9-10-19(18)26-11-4-3-5-12-26/h6-10,13-14H,2-5,11-12H2,1H3,(H,25,27). The number of alkyl halides is 3. The molecule has 7 heteroatoms. The number of piperidine rings is 1. The van der Waals surface area contributed by atoms with Gasteiger partial charge in [0.2, 0.25) is 0 Å². The van der Waals surface area contributed by atoms with Gasteiger partial charge in [-0.2, -0.15) is 13.2 Å². The molecule has 0 radical (unpaired) electrons. The molecule has 4 nitrogen and oxygen atoms in total. The van der Waals surface area contributed by atoms with Crippen molar-refractivity contribution in [2.24, 2.45) is 0 Å². The Kier molecular flexibility index (Phi) is 6.11. The zero-order valence-corrected chi connectivity index (χ0v) is 15.7. The molecule has 0 saturated carbocycles. The van der Waals surface area contributed by atoms with Crippen molar-refractivity contribution in [2.75, 3.05) is 29.9 Å². The Morgan fingerprint density at radius 2 is 1.86 bits per heavy atom. The van der Waals surface area contributed by atoms with Gasteiger partial charge < -0.3 is 15.0 Å². The van der Waals surface area contributed by atoms with Crippen LogP contribution < -0.4 is 15.0 Å². The summed E-state index contributed by atoms with van der Waals surface area (Å²) in [6.07, 6.45) is -1.42. The average Bonchev–Trinajstić information content (AvgIpc) is 2.68. The molecule has 1 fully saturated rings. The number of rotatable bonds is 5. The molecule has 0 bridgehead atoms. The van der Waals surface area contributed by atoms with Crippen LogP contribution in [0.2, 0.25) is 0 Å². The summed E-state index contributed by atoms with van der Waals surface area (Å²) in [5, 5.41) is 2.67. The molecule has 3 rings (SSSR count). The van der Waals surface area contributed by atoms with E-state index in [2.05, 4.69) is 5.32 Å². The summed E-state index contributed by atoms with van der Waals surface area (Å²) in [5.41, 5.74) is 0.324. The van der Waals surface area contributed by atoms with E-state index in [0.717, 1.165) is 44.5 Å². The minimum atomic E-state index is -4.48. The predicted octanol–water partition coefficient (Wildman–Crippen LogP) is 5.35. The molecule has 1 heterocycles. The van der Waals surface area contributed by atoms with Gasteiger partial charge in [-0.3, -0.25) is 4.79 Å². The summed E-state index contributed by atoms with van der Waals surface area (Å²) in [7, 11) is 0. The molecule has 2 aromatic rings. The molecule has 1 saturated heterocycles. The lowest BCUT2D eigenvalue weighted by atomic mass is 10.1. The van der Waals surface area contributed by atoms with E-state index >= 15 is 0 Å². The fourth-order valence-electron chi connectivity index (χ4n) is 3.31. The van der Waals surface area contributed by atoms with E-state index in [1.54, 1.807) is 24.3 Å². The van der Waals surface area contributed by atoms with E-state index in [1.807, 2.05) is 11.8 Å². The van der Waals surface area contributed by atoms with Crippen LogP contribution in [-0.2, 0) is 6.18 Å². The van der Waals surface area contributed by atoms with Crippen LogP contribution in [0.15, 0.2) is 42.5 Å². The minimum Gasteiger partial charge on any atom is -0.494 e. The van der Waals surface area contributed by atoms with Gasteiger partial charge in [0.05, 0.1) is 23.5 Å². The second-order valence-electron chi connectivity index (χ2n) is 6.69. The third-order valence-corrected chi connectivity index (χ3v) is 4.68. The lowest BCUT2D eigenvalue weighted by molar-refractivity contribution is -0.137. The third-order valence-electron chi connectivity index (χ3n) is 4.68. The normalized spacial score (nSPS) is 14.6. The number of halogens is 3. The summed E-state index contributed by atoms with van der Waals surface area (Å²) >= 11 is 0. The molecule has 2 aromatic carbocycles. The van der Waals surface area contributed by atoms with Gasteiger partial charge in [0.1, 0.15) is 5.75 Å². The number of nitrogens with zero attached hydrogens (tertiary/aromatic N) is 1. The molecule has 150 valence electrons. The van der Waals surface area contributed by atoms with Crippen molar-refractivity contribution in [3.8, 4) is 5.75 Å². The third kappa shape index (κ3) is 4.77. The molecular weight excluding hydrogens is 369 g/mol. The number of nitrogens with one attached hydrogen (secondary N) is 1. The van der Waals surface area contributed by atoms with Gasteiger partial charge in [-0.15, -0.1) is 0 Å². The Bertz CT molecular complexity index is 831. The summed E-state index contributed by atoms with van der Waals surface area (Å²) in [6.45, 7) is 3.81. The molecule has 28 heavy (non-hydrogen) atoms. The quantitative estimate of drug-likeness (QED) is 0.746. The van der Waals surface area contributed by atoms with Gasteiger partial charge in [-0.1, -0.05) is 6.07 Å². The van der Waals surface area contributed by atoms with Gasteiger partial charge in [-0.05, 0) is 62.6 Å². The van der Waals surface area contributed by atoms with Crippen LogP contribution in [0.3, 0.4) is 0 Å². The molecule has 1 N–H and O–H groups in total. The number of ether oxygens (including phenoxy) is 1. The first-order chi connectivity index (χ1) is 13.4. The largest absolute Gasteiger partial charge is 0.494 e. The zero-order valence-electron chi connectivity index (χ0n) is 15.7. The van der Waals surface area contributed by atoms with E-state index in [9.17, 15) is 18.0 Å². The number of anilines is 2. The highest BCUT2D eigenvalue weighted by Crippen LogP contribution is 2.36. The SMILES string of the molecule is CCOc1cccc(C(=O)Nc2cc(C(F)(F)F)ccc2N2CCCCC2)c1. The Hall–Kier alpha value is -2.70. The number of carbonyl (C=O) groups is 1. The fraction of sp³-hybridized carbons (Fsp3) is 0.381.